The maximum absolute atomic E-state index is 12.8. The number of rotatable bonds is 8. The first kappa shape index (κ1) is 20.5. The highest BCUT2D eigenvalue weighted by Gasteiger charge is 2.13. The summed E-state index contributed by atoms with van der Waals surface area (Å²) in [7, 11) is 0. The molecule has 6 nitrogen and oxygen atoms in total. The van der Waals surface area contributed by atoms with Crippen molar-refractivity contribution in [2.24, 2.45) is 0 Å². The van der Waals surface area contributed by atoms with Crippen LogP contribution in [0.15, 0.2) is 73.2 Å². The Balaban J connectivity index is 1.50. The fourth-order valence-corrected chi connectivity index (χ4v) is 3.43. The van der Waals surface area contributed by atoms with Gasteiger partial charge >= 0.3 is 0 Å². The van der Waals surface area contributed by atoms with Gasteiger partial charge in [-0.15, -0.1) is 0 Å². The van der Waals surface area contributed by atoms with E-state index in [2.05, 4.69) is 34.1 Å². The number of benzene rings is 2. The predicted molar refractivity (Wildman–Crippen MR) is 122 cm³/mol. The number of anilines is 1. The van der Waals surface area contributed by atoms with Crippen molar-refractivity contribution in [2.75, 3.05) is 11.9 Å². The molecule has 158 valence electrons. The normalized spacial score (nSPS) is 10.8. The molecule has 0 aliphatic rings. The molecule has 1 amide bonds. The highest BCUT2D eigenvalue weighted by atomic mass is 16.5. The molecule has 1 N–H and O–H groups in total. The van der Waals surface area contributed by atoms with E-state index in [4.69, 9.17) is 9.47 Å². The van der Waals surface area contributed by atoms with Crippen molar-refractivity contribution in [3.05, 3.63) is 84.3 Å². The van der Waals surface area contributed by atoms with Gasteiger partial charge < -0.3 is 19.4 Å². The molecule has 2 aromatic carbocycles. The molecule has 0 saturated carbocycles. The van der Waals surface area contributed by atoms with Gasteiger partial charge in [0.15, 0.2) is 11.5 Å². The molecular formula is C25H25N3O3. The Hall–Kier alpha value is -3.80. The second kappa shape index (κ2) is 9.34. The van der Waals surface area contributed by atoms with Crippen molar-refractivity contribution in [1.29, 1.82) is 0 Å². The lowest BCUT2D eigenvalue weighted by Crippen LogP contribution is -2.12. The second-order valence-corrected chi connectivity index (χ2v) is 7.07. The molecule has 2 aromatic heterocycles. The van der Waals surface area contributed by atoms with E-state index in [1.807, 2.05) is 37.3 Å². The summed E-state index contributed by atoms with van der Waals surface area (Å²) in [5.41, 5.74) is 3.41. The molecule has 0 saturated heterocycles. The molecule has 4 rings (SSSR count). The summed E-state index contributed by atoms with van der Waals surface area (Å²) in [5.74, 6) is 0.938. The zero-order valence-electron chi connectivity index (χ0n) is 17.7. The van der Waals surface area contributed by atoms with Gasteiger partial charge in [-0.1, -0.05) is 0 Å². The zero-order chi connectivity index (χ0) is 21.6. The third-order valence-electron chi connectivity index (χ3n) is 5.02. The topological polar surface area (TPSA) is 65.4 Å². The van der Waals surface area contributed by atoms with Crippen molar-refractivity contribution < 1.29 is 14.3 Å². The summed E-state index contributed by atoms with van der Waals surface area (Å²) in [6.45, 7) is 5.78. The van der Waals surface area contributed by atoms with Crippen molar-refractivity contribution in [1.82, 2.24) is 9.55 Å². The van der Waals surface area contributed by atoms with Crippen LogP contribution in [0.1, 0.15) is 29.8 Å². The number of pyridine rings is 1. The molecule has 6 heteroatoms. The number of hydrogen-bond acceptors (Lipinski definition) is 4. The lowest BCUT2D eigenvalue weighted by atomic mass is 10.1. The molecular weight excluding hydrogens is 390 g/mol. The number of nitrogens with zero attached hydrogens (tertiary/aromatic N) is 2. The fourth-order valence-electron chi connectivity index (χ4n) is 3.43. The van der Waals surface area contributed by atoms with Crippen molar-refractivity contribution in [2.45, 2.75) is 27.0 Å². The van der Waals surface area contributed by atoms with Crippen molar-refractivity contribution in [3.8, 4) is 11.5 Å². The fraction of sp³-hybridized carbons (Fsp3) is 0.200. The highest BCUT2D eigenvalue weighted by molar-refractivity contribution is 6.05. The van der Waals surface area contributed by atoms with E-state index in [0.29, 0.717) is 30.3 Å². The van der Waals surface area contributed by atoms with Gasteiger partial charge in [0, 0.05) is 47.3 Å². The number of carbonyl (C=O) groups is 1. The van der Waals surface area contributed by atoms with Crippen LogP contribution < -0.4 is 14.8 Å². The standard InChI is InChI=1S/C25H25N3O3/c1-3-28-14-11-19-15-21(6-7-22(19)28)27-25(29)20-5-8-23(24(16-20)30-4-2)31-17-18-9-12-26-13-10-18/h5-16H,3-4,17H2,1-2H3,(H,27,29). The first-order valence-electron chi connectivity index (χ1n) is 10.4. The Morgan fingerprint density at radius 2 is 1.81 bits per heavy atom. The SMILES string of the molecule is CCOc1cc(C(=O)Nc2ccc3c(ccn3CC)c2)ccc1OCc1ccncc1. The number of amides is 1. The minimum absolute atomic E-state index is 0.198. The zero-order valence-corrected chi connectivity index (χ0v) is 17.7. The van der Waals surface area contributed by atoms with Gasteiger partial charge in [-0.2, -0.15) is 0 Å². The summed E-state index contributed by atoms with van der Waals surface area (Å²) in [6, 6.07) is 17.0. The number of fused-ring (bicyclic) bond motifs is 1. The molecule has 0 aliphatic carbocycles. The van der Waals surface area contributed by atoms with Crippen LogP contribution in [0.3, 0.4) is 0 Å². The monoisotopic (exact) mass is 415 g/mol. The van der Waals surface area contributed by atoms with Crippen LogP contribution in [-0.4, -0.2) is 22.1 Å². The number of hydrogen-bond donors (Lipinski definition) is 1. The summed E-state index contributed by atoms with van der Waals surface area (Å²) in [4.78, 5) is 16.8. The first-order valence-corrected chi connectivity index (χ1v) is 10.4. The number of carbonyl (C=O) groups excluding carboxylic acids is 1. The molecule has 0 spiro atoms. The maximum atomic E-state index is 12.8. The third-order valence-corrected chi connectivity index (χ3v) is 5.02. The summed E-state index contributed by atoms with van der Waals surface area (Å²) in [5, 5.41) is 4.06. The maximum Gasteiger partial charge on any atom is 0.255 e. The minimum Gasteiger partial charge on any atom is -0.490 e. The van der Waals surface area contributed by atoms with Gasteiger partial charge in [0.05, 0.1) is 6.61 Å². The van der Waals surface area contributed by atoms with E-state index in [1.165, 1.54) is 0 Å². The molecule has 0 fully saturated rings. The molecule has 0 radical (unpaired) electrons. The van der Waals surface area contributed by atoms with Crippen molar-refractivity contribution >= 4 is 22.5 Å². The minimum atomic E-state index is -0.198. The lowest BCUT2D eigenvalue weighted by Gasteiger charge is -2.14. The molecule has 0 unspecified atom stereocenters. The molecule has 0 atom stereocenters. The Morgan fingerprint density at radius 1 is 0.968 bits per heavy atom. The number of ether oxygens (including phenoxy) is 2. The molecule has 4 aromatic rings. The third kappa shape index (κ3) is 4.69. The predicted octanol–water partition coefficient (Wildman–Crippen LogP) is 5.29. The summed E-state index contributed by atoms with van der Waals surface area (Å²) < 4.78 is 13.8. The number of aromatic nitrogens is 2. The Morgan fingerprint density at radius 3 is 2.58 bits per heavy atom. The van der Waals surface area contributed by atoms with E-state index in [1.54, 1.807) is 30.6 Å². The average molecular weight is 415 g/mol. The van der Waals surface area contributed by atoms with E-state index in [9.17, 15) is 4.79 Å². The van der Waals surface area contributed by atoms with Gasteiger partial charge in [-0.25, -0.2) is 0 Å². The average Bonchev–Trinajstić information content (AvgIpc) is 3.21. The first-order chi connectivity index (χ1) is 15.2. The van der Waals surface area contributed by atoms with E-state index < -0.39 is 0 Å². The van der Waals surface area contributed by atoms with Crippen LogP contribution in [0.2, 0.25) is 0 Å². The second-order valence-electron chi connectivity index (χ2n) is 7.07. The number of aryl methyl sites for hydroxylation is 1. The highest BCUT2D eigenvalue weighted by Crippen LogP contribution is 2.30. The van der Waals surface area contributed by atoms with E-state index in [-0.39, 0.29) is 5.91 Å². The van der Waals surface area contributed by atoms with Gasteiger partial charge in [0.2, 0.25) is 0 Å². The largest absolute Gasteiger partial charge is 0.490 e. The van der Waals surface area contributed by atoms with Gasteiger partial charge in [-0.3, -0.25) is 9.78 Å². The molecule has 0 bridgehead atoms. The van der Waals surface area contributed by atoms with Crippen molar-refractivity contribution in [3.63, 3.8) is 0 Å². The summed E-state index contributed by atoms with van der Waals surface area (Å²) in [6.07, 6.45) is 5.50. The van der Waals surface area contributed by atoms with Crippen LogP contribution in [-0.2, 0) is 13.2 Å². The smallest absolute Gasteiger partial charge is 0.255 e. The van der Waals surface area contributed by atoms with Gasteiger partial charge in [0.25, 0.3) is 5.91 Å². The Labute approximate surface area is 181 Å². The lowest BCUT2D eigenvalue weighted by molar-refractivity contribution is 0.102. The Bertz CT molecular complexity index is 1190. The Kier molecular flexibility index (Phi) is 6.17. The molecule has 31 heavy (non-hydrogen) atoms. The van der Waals surface area contributed by atoms with Crippen LogP contribution in [0, 0.1) is 0 Å². The van der Waals surface area contributed by atoms with E-state index in [0.717, 1.165) is 28.7 Å². The van der Waals surface area contributed by atoms with Crippen LogP contribution in [0.4, 0.5) is 5.69 Å². The summed E-state index contributed by atoms with van der Waals surface area (Å²) >= 11 is 0. The van der Waals surface area contributed by atoms with Gasteiger partial charge in [-0.05, 0) is 74.0 Å². The van der Waals surface area contributed by atoms with Crippen LogP contribution >= 0.6 is 0 Å². The van der Waals surface area contributed by atoms with Crippen LogP contribution in [0.25, 0.3) is 10.9 Å². The quantitative estimate of drug-likeness (QED) is 0.425. The van der Waals surface area contributed by atoms with E-state index >= 15 is 0 Å². The van der Waals surface area contributed by atoms with Crippen LogP contribution in [0.5, 0.6) is 11.5 Å². The number of nitrogens with one attached hydrogen (secondary N) is 1. The molecule has 2 heterocycles. The molecule has 0 aliphatic heterocycles. The van der Waals surface area contributed by atoms with Gasteiger partial charge in [0.1, 0.15) is 6.61 Å².